The first-order chi connectivity index (χ1) is 14.5. The number of carbonyl (C=O) groups is 1. The Balaban J connectivity index is 1.95. The second kappa shape index (κ2) is 9.08. The molecule has 0 radical (unpaired) electrons. The van der Waals surface area contributed by atoms with Gasteiger partial charge in [-0.1, -0.05) is 18.2 Å². The number of benzene rings is 2. The third kappa shape index (κ3) is 4.24. The zero-order valence-corrected chi connectivity index (χ0v) is 16.9. The fourth-order valence-corrected chi connectivity index (χ4v) is 2.99. The summed E-state index contributed by atoms with van der Waals surface area (Å²) in [7, 11) is 0. The topological polar surface area (TPSA) is 109 Å². The molecule has 1 amide bonds. The monoisotopic (exact) mass is 410 g/mol. The van der Waals surface area contributed by atoms with Crippen LogP contribution < -0.4 is 14.8 Å². The molecule has 0 aliphatic rings. The van der Waals surface area contributed by atoms with E-state index in [0.717, 1.165) is 5.69 Å². The Bertz CT molecular complexity index is 1060. The van der Waals surface area contributed by atoms with Crippen LogP contribution in [0.5, 0.6) is 11.5 Å². The van der Waals surface area contributed by atoms with Gasteiger partial charge in [-0.15, -0.1) is 0 Å². The van der Waals surface area contributed by atoms with Crippen molar-refractivity contribution in [2.45, 2.75) is 20.8 Å². The van der Waals surface area contributed by atoms with Gasteiger partial charge in [0.25, 0.3) is 11.6 Å². The van der Waals surface area contributed by atoms with Gasteiger partial charge >= 0.3 is 0 Å². The minimum atomic E-state index is -0.575. The molecule has 1 heterocycles. The molecule has 0 fully saturated rings. The van der Waals surface area contributed by atoms with Gasteiger partial charge in [-0.3, -0.25) is 14.9 Å². The van der Waals surface area contributed by atoms with Crippen LogP contribution >= 0.6 is 0 Å². The number of anilines is 1. The fraction of sp³-hybridized carbons (Fsp3) is 0.238. The smallest absolute Gasteiger partial charge is 0.296 e. The predicted octanol–water partition coefficient (Wildman–Crippen LogP) is 4.14. The van der Waals surface area contributed by atoms with Crippen LogP contribution in [0.25, 0.3) is 5.69 Å². The van der Waals surface area contributed by atoms with E-state index in [1.54, 1.807) is 25.5 Å². The average Bonchev–Trinajstić information content (AvgIpc) is 3.12. The summed E-state index contributed by atoms with van der Waals surface area (Å²) < 4.78 is 12.6. The number of amides is 1. The number of rotatable bonds is 8. The molecule has 1 aromatic heterocycles. The van der Waals surface area contributed by atoms with Crippen LogP contribution in [-0.4, -0.2) is 33.8 Å². The number of aromatic nitrogens is 2. The van der Waals surface area contributed by atoms with Crippen molar-refractivity contribution >= 4 is 17.3 Å². The highest BCUT2D eigenvalue weighted by Crippen LogP contribution is 2.38. The van der Waals surface area contributed by atoms with Crippen molar-refractivity contribution in [1.82, 2.24) is 9.78 Å². The van der Waals surface area contributed by atoms with Crippen molar-refractivity contribution in [2.75, 3.05) is 18.5 Å². The summed E-state index contributed by atoms with van der Waals surface area (Å²) in [5.41, 5.74) is 1.45. The van der Waals surface area contributed by atoms with Gasteiger partial charge in [-0.2, -0.15) is 5.10 Å². The number of ether oxygens (including phenoxy) is 2. The molecule has 30 heavy (non-hydrogen) atoms. The SMILES string of the molecule is CCOc1cc(NC(=O)c2cnn(-c3ccccc3)c2C)c([N+](=O)[O-])cc1OCC. The quantitative estimate of drug-likeness (QED) is 0.442. The van der Waals surface area contributed by atoms with Gasteiger partial charge in [-0.25, -0.2) is 4.68 Å². The number of nitro groups is 1. The van der Waals surface area contributed by atoms with Crippen molar-refractivity contribution in [2.24, 2.45) is 0 Å². The number of hydrogen-bond acceptors (Lipinski definition) is 6. The average molecular weight is 410 g/mol. The van der Waals surface area contributed by atoms with E-state index < -0.39 is 10.8 Å². The number of carbonyl (C=O) groups excluding carboxylic acids is 1. The maximum absolute atomic E-state index is 12.9. The summed E-state index contributed by atoms with van der Waals surface area (Å²) in [6.07, 6.45) is 1.43. The maximum atomic E-state index is 12.9. The van der Waals surface area contributed by atoms with Crippen molar-refractivity contribution in [3.05, 3.63) is 70.0 Å². The molecular weight excluding hydrogens is 388 g/mol. The van der Waals surface area contributed by atoms with Gasteiger partial charge in [0.2, 0.25) is 0 Å². The van der Waals surface area contributed by atoms with E-state index in [2.05, 4.69) is 10.4 Å². The highest BCUT2D eigenvalue weighted by atomic mass is 16.6. The molecule has 9 nitrogen and oxygen atoms in total. The predicted molar refractivity (Wildman–Crippen MR) is 112 cm³/mol. The second-order valence-corrected chi connectivity index (χ2v) is 6.28. The van der Waals surface area contributed by atoms with Gasteiger partial charge < -0.3 is 14.8 Å². The first kappa shape index (κ1) is 20.8. The first-order valence-electron chi connectivity index (χ1n) is 9.45. The number of nitrogens with zero attached hydrogens (tertiary/aromatic N) is 3. The molecule has 0 aliphatic heterocycles. The van der Waals surface area contributed by atoms with Crippen LogP contribution in [0, 0.1) is 17.0 Å². The molecule has 0 spiro atoms. The zero-order valence-electron chi connectivity index (χ0n) is 16.9. The standard InChI is InChI=1S/C21H22N4O5/c1-4-29-19-11-17(18(25(27)28)12-20(19)30-5-2)23-21(26)16-13-22-24(14(16)3)15-9-7-6-8-10-15/h6-13H,4-5H2,1-3H3,(H,23,26). The highest BCUT2D eigenvalue weighted by Gasteiger charge is 2.23. The molecule has 0 unspecified atom stereocenters. The summed E-state index contributed by atoms with van der Waals surface area (Å²) in [6.45, 7) is 5.98. The fourth-order valence-electron chi connectivity index (χ4n) is 2.99. The minimum absolute atomic E-state index is 0.0174. The lowest BCUT2D eigenvalue weighted by molar-refractivity contribution is -0.384. The van der Waals surface area contributed by atoms with Crippen LogP contribution in [0.15, 0.2) is 48.7 Å². The van der Waals surface area contributed by atoms with Gasteiger partial charge in [0.05, 0.1) is 47.3 Å². The van der Waals surface area contributed by atoms with Gasteiger partial charge in [-0.05, 0) is 32.9 Å². The lowest BCUT2D eigenvalue weighted by atomic mass is 10.2. The van der Waals surface area contributed by atoms with Crippen LogP contribution in [0.2, 0.25) is 0 Å². The molecule has 0 atom stereocenters. The van der Waals surface area contributed by atoms with Crippen LogP contribution in [0.1, 0.15) is 29.9 Å². The summed E-state index contributed by atoms with van der Waals surface area (Å²) in [5, 5.41) is 18.4. The van der Waals surface area contributed by atoms with E-state index in [-0.39, 0.29) is 17.1 Å². The third-order valence-corrected chi connectivity index (χ3v) is 4.36. The van der Waals surface area contributed by atoms with E-state index in [1.807, 2.05) is 30.3 Å². The van der Waals surface area contributed by atoms with Gasteiger partial charge in [0.1, 0.15) is 5.69 Å². The molecule has 9 heteroatoms. The molecular formula is C21H22N4O5. The van der Waals surface area contributed by atoms with Crippen molar-refractivity contribution in [1.29, 1.82) is 0 Å². The van der Waals surface area contributed by atoms with Crippen LogP contribution in [-0.2, 0) is 0 Å². The van der Waals surface area contributed by atoms with Crippen LogP contribution in [0.3, 0.4) is 0 Å². The van der Waals surface area contributed by atoms with Crippen LogP contribution in [0.4, 0.5) is 11.4 Å². The Morgan fingerprint density at radius 1 is 1.13 bits per heavy atom. The molecule has 0 bridgehead atoms. The number of para-hydroxylation sites is 1. The summed E-state index contributed by atoms with van der Waals surface area (Å²) in [4.78, 5) is 23.9. The second-order valence-electron chi connectivity index (χ2n) is 6.28. The van der Waals surface area contributed by atoms with Crippen molar-refractivity contribution in [3.63, 3.8) is 0 Å². The maximum Gasteiger partial charge on any atom is 0.296 e. The molecule has 0 saturated carbocycles. The third-order valence-electron chi connectivity index (χ3n) is 4.36. The van der Waals surface area contributed by atoms with Crippen molar-refractivity contribution < 1.29 is 19.2 Å². The Morgan fingerprint density at radius 3 is 2.37 bits per heavy atom. The summed E-state index contributed by atoms with van der Waals surface area (Å²) in [5.74, 6) is 0.0541. The van der Waals surface area contributed by atoms with Crippen molar-refractivity contribution in [3.8, 4) is 17.2 Å². The molecule has 3 rings (SSSR count). The van der Waals surface area contributed by atoms with E-state index in [9.17, 15) is 14.9 Å². The molecule has 156 valence electrons. The van der Waals surface area contributed by atoms with Gasteiger partial charge in [0.15, 0.2) is 11.5 Å². The number of nitro benzene ring substituents is 1. The lowest BCUT2D eigenvalue weighted by Crippen LogP contribution is -2.14. The van der Waals surface area contributed by atoms with E-state index in [0.29, 0.717) is 30.2 Å². The Morgan fingerprint density at radius 2 is 1.77 bits per heavy atom. The molecule has 2 aromatic carbocycles. The van der Waals surface area contributed by atoms with E-state index >= 15 is 0 Å². The normalized spacial score (nSPS) is 10.5. The molecule has 1 N–H and O–H groups in total. The Hall–Kier alpha value is -3.88. The highest BCUT2D eigenvalue weighted by molar-refractivity contribution is 6.06. The number of nitrogens with one attached hydrogen (secondary N) is 1. The molecule has 0 aliphatic carbocycles. The molecule has 3 aromatic rings. The minimum Gasteiger partial charge on any atom is -0.490 e. The zero-order chi connectivity index (χ0) is 21.7. The van der Waals surface area contributed by atoms with E-state index in [1.165, 1.54) is 18.3 Å². The lowest BCUT2D eigenvalue weighted by Gasteiger charge is -2.13. The largest absolute Gasteiger partial charge is 0.490 e. The Labute approximate surface area is 173 Å². The van der Waals surface area contributed by atoms with E-state index in [4.69, 9.17) is 9.47 Å². The number of hydrogen-bond donors (Lipinski definition) is 1. The summed E-state index contributed by atoms with van der Waals surface area (Å²) >= 11 is 0. The van der Waals surface area contributed by atoms with Gasteiger partial charge in [0, 0.05) is 6.07 Å². The Kier molecular flexibility index (Phi) is 6.31. The molecule has 0 saturated heterocycles. The summed E-state index contributed by atoms with van der Waals surface area (Å²) in [6, 6.07) is 12.0. The first-order valence-corrected chi connectivity index (χ1v) is 9.45.